The van der Waals surface area contributed by atoms with Gasteiger partial charge in [-0.2, -0.15) is 0 Å². The molecular weight excluding hydrogens is 390 g/mol. The van der Waals surface area contributed by atoms with Gasteiger partial charge < -0.3 is 5.32 Å². The summed E-state index contributed by atoms with van der Waals surface area (Å²) in [6.07, 6.45) is 2.33. The van der Waals surface area contributed by atoms with Gasteiger partial charge in [0.25, 0.3) is 0 Å². The van der Waals surface area contributed by atoms with E-state index in [-0.39, 0.29) is 30.6 Å². The lowest BCUT2D eigenvalue weighted by molar-refractivity contribution is 0.159. The molecule has 0 unspecified atom stereocenters. The molecule has 1 fully saturated rings. The van der Waals surface area contributed by atoms with Crippen LogP contribution in [0.4, 0.5) is 4.39 Å². The fourth-order valence-corrected chi connectivity index (χ4v) is 3.16. The molecule has 1 N–H and O–H groups in total. The number of hydrogen-bond acceptors (Lipinski definition) is 2. The first-order valence-corrected chi connectivity index (χ1v) is 8.27. The van der Waals surface area contributed by atoms with Gasteiger partial charge in [-0.05, 0) is 52.4 Å². The minimum Gasteiger partial charge on any atom is -0.314 e. The number of benzene rings is 1. The lowest BCUT2D eigenvalue weighted by Gasteiger charge is -2.35. The molecule has 0 bridgehead atoms. The van der Waals surface area contributed by atoms with Crippen LogP contribution < -0.4 is 5.32 Å². The average Bonchev–Trinajstić information content (AvgIpc) is 2.44. The number of nitrogens with one attached hydrogen (secondary N) is 1. The Morgan fingerprint density at radius 3 is 2.36 bits per heavy atom. The highest BCUT2D eigenvalue weighted by Crippen LogP contribution is 2.30. The van der Waals surface area contributed by atoms with E-state index in [0.29, 0.717) is 16.4 Å². The molecule has 6 heteroatoms. The summed E-state index contributed by atoms with van der Waals surface area (Å²) in [4.78, 5) is 2.53. The Kier molecular flexibility index (Phi) is 10.9. The summed E-state index contributed by atoms with van der Waals surface area (Å²) in [7, 11) is 0. The third kappa shape index (κ3) is 6.32. The summed E-state index contributed by atoms with van der Waals surface area (Å²) < 4.78 is 14.0. The quantitative estimate of drug-likeness (QED) is 0.741. The second-order valence-electron chi connectivity index (χ2n) is 5.95. The summed E-state index contributed by atoms with van der Waals surface area (Å²) in [5.41, 5.74) is 1.22. The molecule has 1 heterocycles. The molecule has 1 aromatic carbocycles. The number of rotatable bonds is 5. The Hall–Kier alpha value is 0.130. The second kappa shape index (κ2) is 10.8. The molecule has 1 aliphatic heterocycles. The molecule has 0 saturated carbocycles. The van der Waals surface area contributed by atoms with E-state index in [1.807, 2.05) is 12.1 Å². The van der Waals surface area contributed by atoms with Crippen LogP contribution in [-0.2, 0) is 0 Å². The molecule has 1 atom stereocenters. The SMILES string of the molecule is CC(C)CC[C@@H](c1ccc(F)c(Br)c1)N1CCNCC1.Cl.Cl. The van der Waals surface area contributed by atoms with Crippen LogP contribution >= 0.6 is 40.7 Å². The van der Waals surface area contributed by atoms with Gasteiger partial charge in [0.2, 0.25) is 0 Å². The molecule has 0 spiro atoms. The number of halogens is 4. The van der Waals surface area contributed by atoms with E-state index in [4.69, 9.17) is 0 Å². The van der Waals surface area contributed by atoms with Crippen LogP contribution in [0.5, 0.6) is 0 Å². The molecule has 1 saturated heterocycles. The van der Waals surface area contributed by atoms with Crippen molar-refractivity contribution in [2.24, 2.45) is 5.92 Å². The average molecular weight is 416 g/mol. The Bertz CT molecular complexity index is 440. The third-order valence-corrected chi connectivity index (χ3v) is 4.55. The zero-order valence-corrected chi connectivity index (χ0v) is 16.4. The van der Waals surface area contributed by atoms with E-state index >= 15 is 0 Å². The topological polar surface area (TPSA) is 15.3 Å². The number of piperazine rings is 1. The molecule has 2 rings (SSSR count). The first-order valence-electron chi connectivity index (χ1n) is 7.47. The van der Waals surface area contributed by atoms with Crippen LogP contribution in [0.25, 0.3) is 0 Å². The molecule has 0 amide bonds. The van der Waals surface area contributed by atoms with E-state index < -0.39 is 0 Å². The molecule has 22 heavy (non-hydrogen) atoms. The predicted octanol–water partition coefficient (Wildman–Crippen LogP) is 4.81. The molecule has 128 valence electrons. The van der Waals surface area contributed by atoms with Gasteiger partial charge in [-0.15, -0.1) is 24.8 Å². The summed E-state index contributed by atoms with van der Waals surface area (Å²) >= 11 is 3.31. The first kappa shape index (κ1) is 22.1. The standard InChI is InChI=1S/C16H24BrFN2.2ClH/c1-12(2)3-6-16(20-9-7-19-8-10-20)13-4-5-15(18)14(17)11-13;;/h4-5,11-12,16,19H,3,6-10H2,1-2H3;2*1H/t16-;;/m0../s1. The fourth-order valence-electron chi connectivity index (χ4n) is 2.76. The van der Waals surface area contributed by atoms with Gasteiger partial charge in [0.1, 0.15) is 5.82 Å². The fraction of sp³-hybridized carbons (Fsp3) is 0.625. The zero-order chi connectivity index (χ0) is 14.5. The molecule has 0 aliphatic carbocycles. The smallest absolute Gasteiger partial charge is 0.137 e. The highest BCUT2D eigenvalue weighted by molar-refractivity contribution is 9.10. The predicted molar refractivity (Wildman–Crippen MR) is 99.9 cm³/mol. The van der Waals surface area contributed by atoms with Crippen LogP contribution in [0.2, 0.25) is 0 Å². The van der Waals surface area contributed by atoms with E-state index in [2.05, 4.69) is 40.0 Å². The highest BCUT2D eigenvalue weighted by atomic mass is 79.9. The van der Waals surface area contributed by atoms with Gasteiger partial charge in [0.05, 0.1) is 4.47 Å². The molecule has 1 aromatic rings. The van der Waals surface area contributed by atoms with E-state index in [9.17, 15) is 4.39 Å². The minimum atomic E-state index is -0.184. The van der Waals surface area contributed by atoms with E-state index in [1.54, 1.807) is 6.07 Å². The van der Waals surface area contributed by atoms with Crippen molar-refractivity contribution < 1.29 is 4.39 Å². The second-order valence-corrected chi connectivity index (χ2v) is 6.80. The van der Waals surface area contributed by atoms with Crippen LogP contribution in [0.1, 0.15) is 38.3 Å². The molecule has 2 nitrogen and oxygen atoms in total. The normalized spacial score (nSPS) is 16.8. The van der Waals surface area contributed by atoms with Crippen molar-refractivity contribution >= 4 is 40.7 Å². The van der Waals surface area contributed by atoms with E-state index in [0.717, 1.165) is 32.6 Å². The number of hydrogen-bond donors (Lipinski definition) is 1. The van der Waals surface area contributed by atoms with E-state index in [1.165, 1.54) is 12.0 Å². The van der Waals surface area contributed by atoms with Crippen LogP contribution in [0, 0.1) is 11.7 Å². The summed E-state index contributed by atoms with van der Waals surface area (Å²) in [5.74, 6) is 0.515. The third-order valence-electron chi connectivity index (χ3n) is 3.94. The van der Waals surface area contributed by atoms with Crippen LogP contribution in [0.3, 0.4) is 0 Å². The van der Waals surface area contributed by atoms with Gasteiger partial charge in [-0.1, -0.05) is 19.9 Å². The number of nitrogens with zero attached hydrogens (tertiary/aromatic N) is 1. The van der Waals surface area contributed by atoms with Crippen LogP contribution in [0.15, 0.2) is 22.7 Å². The maximum atomic E-state index is 13.4. The van der Waals surface area contributed by atoms with Crippen molar-refractivity contribution in [3.63, 3.8) is 0 Å². The van der Waals surface area contributed by atoms with Crippen LogP contribution in [-0.4, -0.2) is 31.1 Å². The molecular formula is C16H26BrCl2FN2. The van der Waals surface area contributed by atoms with Gasteiger partial charge >= 0.3 is 0 Å². The Morgan fingerprint density at radius 2 is 1.82 bits per heavy atom. The summed E-state index contributed by atoms with van der Waals surface area (Å²) in [6, 6.07) is 5.86. The van der Waals surface area contributed by atoms with Crippen molar-refractivity contribution in [1.29, 1.82) is 0 Å². The lowest BCUT2D eigenvalue weighted by atomic mass is 9.96. The van der Waals surface area contributed by atoms with Crippen molar-refractivity contribution in [3.05, 3.63) is 34.1 Å². The maximum Gasteiger partial charge on any atom is 0.137 e. The van der Waals surface area contributed by atoms with Crippen molar-refractivity contribution in [3.8, 4) is 0 Å². The first-order chi connectivity index (χ1) is 9.58. The molecule has 0 radical (unpaired) electrons. The van der Waals surface area contributed by atoms with Gasteiger partial charge in [-0.25, -0.2) is 4.39 Å². The zero-order valence-electron chi connectivity index (χ0n) is 13.1. The summed E-state index contributed by atoms with van der Waals surface area (Å²) in [6.45, 7) is 8.74. The van der Waals surface area contributed by atoms with Crippen molar-refractivity contribution in [2.45, 2.75) is 32.7 Å². The lowest BCUT2D eigenvalue weighted by Crippen LogP contribution is -2.45. The Labute approximate surface area is 154 Å². The largest absolute Gasteiger partial charge is 0.314 e. The van der Waals surface area contributed by atoms with Crippen molar-refractivity contribution in [2.75, 3.05) is 26.2 Å². The highest BCUT2D eigenvalue weighted by Gasteiger charge is 2.22. The van der Waals surface area contributed by atoms with Gasteiger partial charge in [0.15, 0.2) is 0 Å². The van der Waals surface area contributed by atoms with Crippen molar-refractivity contribution in [1.82, 2.24) is 10.2 Å². The van der Waals surface area contributed by atoms with Gasteiger partial charge in [-0.3, -0.25) is 4.90 Å². The maximum absolute atomic E-state index is 13.4. The minimum absolute atomic E-state index is 0. The molecule has 1 aliphatic rings. The summed E-state index contributed by atoms with van der Waals surface area (Å²) in [5, 5.41) is 3.40. The Balaban J connectivity index is 0.00000220. The Morgan fingerprint density at radius 1 is 1.18 bits per heavy atom. The monoisotopic (exact) mass is 414 g/mol. The van der Waals surface area contributed by atoms with Gasteiger partial charge in [0, 0.05) is 32.2 Å². The molecule has 0 aromatic heterocycles.